The zero-order valence-corrected chi connectivity index (χ0v) is 11.5. The Kier molecular flexibility index (Phi) is 4.02. The van der Waals surface area contributed by atoms with E-state index in [1.807, 2.05) is 6.92 Å². The summed E-state index contributed by atoms with van der Waals surface area (Å²) in [4.78, 5) is 4.31. The zero-order valence-electron chi connectivity index (χ0n) is 9.85. The van der Waals surface area contributed by atoms with E-state index in [0.717, 1.165) is 41.6 Å². The molecule has 0 amide bonds. The van der Waals surface area contributed by atoms with Crippen LogP contribution in [-0.4, -0.2) is 20.6 Å². The first kappa shape index (κ1) is 12.8. The zero-order chi connectivity index (χ0) is 12.3. The quantitative estimate of drug-likeness (QED) is 0.848. The van der Waals surface area contributed by atoms with Gasteiger partial charge in [0.25, 0.3) is 0 Å². The van der Waals surface area contributed by atoms with Crippen LogP contribution in [0.4, 0.5) is 0 Å². The lowest BCUT2D eigenvalue weighted by Gasteiger charge is -2.23. The summed E-state index contributed by atoms with van der Waals surface area (Å²) in [6.45, 7) is 1.90. The predicted molar refractivity (Wildman–Crippen MR) is 69.9 cm³/mol. The Bertz CT molecular complexity index is 425. The van der Waals surface area contributed by atoms with Crippen molar-refractivity contribution in [1.82, 2.24) is 9.36 Å². The first-order valence-corrected chi connectivity index (χ1v) is 7.53. The number of hydrogen-bond acceptors (Lipinski definition) is 6. The van der Waals surface area contributed by atoms with E-state index < -0.39 is 5.54 Å². The molecular formula is C11H16N4S2. The average molecular weight is 268 g/mol. The van der Waals surface area contributed by atoms with Crippen LogP contribution in [-0.2, 0) is 0 Å². The molecule has 17 heavy (non-hydrogen) atoms. The molecule has 2 unspecified atom stereocenters. The van der Waals surface area contributed by atoms with Crippen molar-refractivity contribution in [2.75, 3.05) is 5.75 Å². The maximum Gasteiger partial charge on any atom is 0.170 e. The topological polar surface area (TPSA) is 75.6 Å². The summed E-state index contributed by atoms with van der Waals surface area (Å²) in [6, 6.07) is 2.29. The normalized spacial score (nSPS) is 28.2. The molecule has 1 heterocycles. The van der Waals surface area contributed by atoms with E-state index in [1.54, 1.807) is 11.8 Å². The Labute approximate surface area is 110 Å². The van der Waals surface area contributed by atoms with Gasteiger partial charge in [-0.15, -0.1) is 0 Å². The van der Waals surface area contributed by atoms with Crippen molar-refractivity contribution in [3.63, 3.8) is 0 Å². The van der Waals surface area contributed by atoms with Crippen molar-refractivity contribution in [2.45, 2.75) is 42.5 Å². The van der Waals surface area contributed by atoms with E-state index in [1.165, 1.54) is 11.5 Å². The fraction of sp³-hybridized carbons (Fsp3) is 0.727. The van der Waals surface area contributed by atoms with E-state index in [0.29, 0.717) is 5.92 Å². The summed E-state index contributed by atoms with van der Waals surface area (Å²) in [6.07, 6.45) is 4.00. The van der Waals surface area contributed by atoms with Crippen LogP contribution < -0.4 is 5.73 Å². The maximum absolute atomic E-state index is 9.11. The Balaban J connectivity index is 1.81. The molecule has 1 fully saturated rings. The minimum absolute atomic E-state index is 0.342. The van der Waals surface area contributed by atoms with Gasteiger partial charge in [0.1, 0.15) is 11.4 Å². The molecule has 0 radical (unpaired) electrons. The molecule has 92 valence electrons. The van der Waals surface area contributed by atoms with Crippen LogP contribution in [0.25, 0.3) is 0 Å². The Hall–Kier alpha value is -0.640. The summed E-state index contributed by atoms with van der Waals surface area (Å²) in [7, 11) is 0. The number of nitrogens with zero attached hydrogens (tertiary/aromatic N) is 3. The second kappa shape index (κ2) is 5.34. The van der Waals surface area contributed by atoms with Crippen LogP contribution in [0.2, 0.25) is 0 Å². The lowest BCUT2D eigenvalue weighted by atomic mass is 9.88. The molecule has 4 nitrogen and oxygen atoms in total. The number of rotatable bonds is 4. The van der Waals surface area contributed by atoms with Crippen molar-refractivity contribution in [1.29, 1.82) is 5.26 Å². The van der Waals surface area contributed by atoms with Crippen molar-refractivity contribution >= 4 is 23.3 Å². The molecule has 2 atom stereocenters. The van der Waals surface area contributed by atoms with Crippen molar-refractivity contribution in [3.8, 4) is 6.07 Å². The van der Waals surface area contributed by atoms with E-state index in [2.05, 4.69) is 15.4 Å². The van der Waals surface area contributed by atoms with Gasteiger partial charge < -0.3 is 5.73 Å². The third kappa shape index (κ3) is 2.97. The van der Waals surface area contributed by atoms with E-state index in [-0.39, 0.29) is 0 Å². The molecule has 1 aliphatic rings. The van der Waals surface area contributed by atoms with Crippen molar-refractivity contribution in [3.05, 3.63) is 5.82 Å². The highest BCUT2D eigenvalue weighted by Gasteiger charge is 2.39. The van der Waals surface area contributed by atoms with Gasteiger partial charge in [0.05, 0.1) is 6.07 Å². The number of hydrogen-bond donors (Lipinski definition) is 1. The Morgan fingerprint density at radius 2 is 2.53 bits per heavy atom. The van der Waals surface area contributed by atoms with Gasteiger partial charge in [0, 0.05) is 5.75 Å². The smallest absolute Gasteiger partial charge is 0.170 e. The van der Waals surface area contributed by atoms with Crippen LogP contribution >= 0.6 is 23.3 Å². The third-order valence-electron chi connectivity index (χ3n) is 3.28. The Morgan fingerprint density at radius 3 is 3.18 bits per heavy atom. The van der Waals surface area contributed by atoms with Gasteiger partial charge in [-0.1, -0.05) is 18.2 Å². The van der Waals surface area contributed by atoms with Gasteiger partial charge in [-0.05, 0) is 43.6 Å². The molecule has 1 aliphatic carbocycles. The minimum atomic E-state index is -0.586. The van der Waals surface area contributed by atoms with Gasteiger partial charge in [0.2, 0.25) is 0 Å². The Morgan fingerprint density at radius 1 is 1.71 bits per heavy atom. The lowest BCUT2D eigenvalue weighted by molar-refractivity contribution is 0.389. The molecule has 6 heteroatoms. The number of aryl methyl sites for hydroxylation is 1. The summed E-state index contributed by atoms with van der Waals surface area (Å²) in [5, 5.41) is 9.11. The predicted octanol–water partition coefficient (Wildman–Crippen LogP) is 2.35. The van der Waals surface area contributed by atoms with E-state index in [9.17, 15) is 0 Å². The summed E-state index contributed by atoms with van der Waals surface area (Å²) >= 11 is 3.16. The van der Waals surface area contributed by atoms with Gasteiger partial charge in [0.15, 0.2) is 4.34 Å². The summed E-state index contributed by atoms with van der Waals surface area (Å²) in [5.74, 6) is 2.15. The molecule has 2 rings (SSSR count). The molecule has 0 aromatic carbocycles. The molecule has 0 saturated heterocycles. The highest BCUT2D eigenvalue weighted by atomic mass is 32.2. The number of nitrogens with two attached hydrogens (primary N) is 1. The van der Waals surface area contributed by atoms with Gasteiger partial charge in [-0.25, -0.2) is 4.98 Å². The maximum atomic E-state index is 9.11. The van der Waals surface area contributed by atoms with E-state index >= 15 is 0 Å². The molecule has 0 spiro atoms. The standard InChI is InChI=1S/C11H16N4S2/c1-8-14-10(17-15-8)16-6-4-9-3-2-5-11(9,13)7-12/h9H,2-6,13H2,1H3. The lowest BCUT2D eigenvalue weighted by Crippen LogP contribution is -2.41. The fourth-order valence-corrected chi connectivity index (χ4v) is 4.05. The first-order valence-electron chi connectivity index (χ1n) is 5.77. The van der Waals surface area contributed by atoms with Gasteiger partial charge in [-0.2, -0.15) is 9.64 Å². The van der Waals surface area contributed by atoms with Gasteiger partial charge in [-0.3, -0.25) is 0 Å². The monoisotopic (exact) mass is 268 g/mol. The van der Waals surface area contributed by atoms with Crippen LogP contribution in [0.15, 0.2) is 4.34 Å². The van der Waals surface area contributed by atoms with Gasteiger partial charge >= 0.3 is 0 Å². The van der Waals surface area contributed by atoms with Crippen LogP contribution in [0.5, 0.6) is 0 Å². The highest BCUT2D eigenvalue weighted by Crippen LogP contribution is 2.37. The van der Waals surface area contributed by atoms with Crippen LogP contribution in [0.1, 0.15) is 31.5 Å². The van der Waals surface area contributed by atoms with E-state index in [4.69, 9.17) is 11.0 Å². The number of aromatic nitrogens is 2. The molecule has 0 aliphatic heterocycles. The SMILES string of the molecule is Cc1nsc(SCCC2CCCC2(N)C#N)n1. The second-order valence-corrected chi connectivity index (χ2v) is 6.58. The molecule has 0 bridgehead atoms. The van der Waals surface area contributed by atoms with Crippen molar-refractivity contribution in [2.24, 2.45) is 11.7 Å². The second-order valence-electron chi connectivity index (χ2n) is 4.49. The number of nitriles is 1. The fourth-order valence-electron chi connectivity index (χ4n) is 2.28. The molecule has 1 aromatic rings. The average Bonchev–Trinajstić information content (AvgIpc) is 2.87. The molecule has 1 saturated carbocycles. The summed E-state index contributed by atoms with van der Waals surface area (Å²) < 4.78 is 5.16. The first-order chi connectivity index (χ1) is 8.14. The summed E-state index contributed by atoms with van der Waals surface area (Å²) in [5.41, 5.74) is 5.50. The highest BCUT2D eigenvalue weighted by molar-refractivity contribution is 8.00. The van der Waals surface area contributed by atoms with Crippen LogP contribution in [0, 0.1) is 24.2 Å². The molecule has 2 N–H and O–H groups in total. The molecule has 1 aromatic heterocycles. The number of thioether (sulfide) groups is 1. The van der Waals surface area contributed by atoms with Crippen LogP contribution in [0.3, 0.4) is 0 Å². The van der Waals surface area contributed by atoms with Crippen molar-refractivity contribution < 1.29 is 0 Å². The largest absolute Gasteiger partial charge is 0.313 e. The molecular weight excluding hydrogens is 252 g/mol. The minimum Gasteiger partial charge on any atom is -0.313 e. The third-order valence-corrected chi connectivity index (χ3v) is 5.24.